The van der Waals surface area contributed by atoms with Gasteiger partial charge in [0, 0.05) is 13.1 Å². The van der Waals surface area contributed by atoms with Crippen LogP contribution in [-0.2, 0) is 23.4 Å². The summed E-state index contributed by atoms with van der Waals surface area (Å²) in [5.74, 6) is -0.255. The van der Waals surface area contributed by atoms with Crippen LogP contribution in [0.3, 0.4) is 0 Å². The van der Waals surface area contributed by atoms with Gasteiger partial charge < -0.3 is 9.53 Å². The number of carbonyl (C=O) groups is 1. The van der Waals surface area contributed by atoms with Gasteiger partial charge in [0.2, 0.25) is 0 Å². The summed E-state index contributed by atoms with van der Waals surface area (Å²) in [5, 5.41) is 0. The summed E-state index contributed by atoms with van der Waals surface area (Å²) in [7, 11) is 0. The van der Waals surface area contributed by atoms with Gasteiger partial charge in [-0.05, 0) is 48.2 Å². The van der Waals surface area contributed by atoms with Crippen LogP contribution in [0.25, 0.3) is 0 Å². The zero-order valence-corrected chi connectivity index (χ0v) is 13.9. The third kappa shape index (κ3) is 3.39. The lowest BCUT2D eigenvalue weighted by Gasteiger charge is -2.31. The van der Waals surface area contributed by atoms with Crippen molar-refractivity contribution >= 4 is 6.29 Å². The Morgan fingerprint density at radius 1 is 1.20 bits per heavy atom. The van der Waals surface area contributed by atoms with E-state index in [2.05, 4.69) is 4.74 Å². The number of hydrogen-bond donors (Lipinski definition) is 0. The molecule has 2 aromatic rings. The minimum atomic E-state index is -4.70. The van der Waals surface area contributed by atoms with Crippen LogP contribution < -0.4 is 4.74 Å². The number of benzene rings is 2. The smallest absolute Gasteiger partial charge is 0.406 e. The summed E-state index contributed by atoms with van der Waals surface area (Å²) in [6.07, 6.45) is -3.77. The van der Waals surface area contributed by atoms with Gasteiger partial charge in [0.1, 0.15) is 17.6 Å². The first-order valence-electron chi connectivity index (χ1n) is 7.88. The lowest BCUT2D eigenvalue weighted by atomic mass is 9.89. The fourth-order valence-corrected chi connectivity index (χ4v) is 3.48. The molecule has 0 amide bonds. The number of nitrogens with zero attached hydrogens (tertiary/aromatic N) is 1. The molecule has 0 fully saturated rings. The summed E-state index contributed by atoms with van der Waals surface area (Å²) in [6, 6.07) is 11.7. The Bertz CT molecular complexity index is 786. The second kappa shape index (κ2) is 6.19. The Kier molecular flexibility index (Phi) is 4.33. The Labute approximate surface area is 144 Å². The molecule has 1 aliphatic heterocycles. The van der Waals surface area contributed by atoms with Gasteiger partial charge in [0.05, 0.1) is 0 Å². The first-order valence-corrected chi connectivity index (χ1v) is 7.88. The Morgan fingerprint density at radius 3 is 2.48 bits per heavy atom. The van der Waals surface area contributed by atoms with Gasteiger partial charge in [-0.3, -0.25) is 4.90 Å². The predicted octanol–water partition coefficient (Wildman–Crippen LogP) is 4.32. The molecule has 1 aliphatic rings. The van der Waals surface area contributed by atoms with Crippen molar-refractivity contribution < 1.29 is 22.7 Å². The van der Waals surface area contributed by atoms with Crippen LogP contribution in [0, 0.1) is 6.92 Å². The molecule has 25 heavy (non-hydrogen) atoms. The summed E-state index contributed by atoms with van der Waals surface area (Å²) >= 11 is 0. The predicted molar refractivity (Wildman–Crippen MR) is 87.0 cm³/mol. The minimum absolute atomic E-state index is 0.255. The van der Waals surface area contributed by atoms with E-state index in [9.17, 15) is 18.0 Å². The summed E-state index contributed by atoms with van der Waals surface area (Å²) < 4.78 is 40.6. The molecule has 132 valence electrons. The monoisotopic (exact) mass is 349 g/mol. The quantitative estimate of drug-likeness (QED) is 0.770. The summed E-state index contributed by atoms with van der Waals surface area (Å²) in [6.45, 7) is 4.93. The van der Waals surface area contributed by atoms with Crippen molar-refractivity contribution in [3.8, 4) is 5.75 Å². The van der Waals surface area contributed by atoms with Crippen molar-refractivity contribution in [2.45, 2.75) is 38.8 Å². The van der Waals surface area contributed by atoms with Crippen LogP contribution in [0.15, 0.2) is 42.5 Å². The molecule has 1 atom stereocenters. The molecule has 0 saturated heterocycles. The number of rotatable bonds is 4. The fraction of sp³-hybridized carbons (Fsp3) is 0.316. The van der Waals surface area contributed by atoms with Gasteiger partial charge in [-0.2, -0.15) is 0 Å². The molecule has 0 aliphatic carbocycles. The molecule has 0 saturated carbocycles. The maximum atomic E-state index is 12.2. The number of aldehydes is 1. The minimum Gasteiger partial charge on any atom is -0.406 e. The van der Waals surface area contributed by atoms with Crippen molar-refractivity contribution in [3.63, 3.8) is 0 Å². The highest BCUT2D eigenvalue weighted by Gasteiger charge is 2.42. The molecule has 0 N–H and O–H groups in total. The summed E-state index contributed by atoms with van der Waals surface area (Å²) in [5.41, 5.74) is 3.24. The van der Waals surface area contributed by atoms with Gasteiger partial charge in [-0.15, -0.1) is 13.2 Å². The zero-order chi connectivity index (χ0) is 18.2. The van der Waals surface area contributed by atoms with Crippen molar-refractivity contribution in [3.05, 3.63) is 64.7 Å². The van der Waals surface area contributed by atoms with Gasteiger partial charge >= 0.3 is 6.36 Å². The largest absolute Gasteiger partial charge is 0.573 e. The summed E-state index contributed by atoms with van der Waals surface area (Å²) in [4.78, 5) is 13.9. The highest BCUT2D eigenvalue weighted by Crippen LogP contribution is 2.40. The second-order valence-corrected chi connectivity index (χ2v) is 6.42. The fourth-order valence-electron chi connectivity index (χ4n) is 3.48. The van der Waals surface area contributed by atoms with Crippen molar-refractivity contribution in [1.29, 1.82) is 0 Å². The Hall–Kier alpha value is -2.34. The van der Waals surface area contributed by atoms with Crippen molar-refractivity contribution in [2.75, 3.05) is 0 Å². The molecule has 0 radical (unpaired) electrons. The van der Waals surface area contributed by atoms with E-state index in [-0.39, 0.29) is 5.75 Å². The molecule has 3 rings (SSSR count). The van der Waals surface area contributed by atoms with E-state index in [4.69, 9.17) is 0 Å². The number of aryl methyl sites for hydroxylation is 1. The number of carbonyl (C=O) groups excluding carboxylic acids is 1. The number of fused-ring (bicyclic) bond motifs is 1. The molecule has 1 heterocycles. The van der Waals surface area contributed by atoms with Crippen LogP contribution in [0.1, 0.15) is 29.2 Å². The number of halogens is 3. The van der Waals surface area contributed by atoms with E-state index < -0.39 is 11.9 Å². The average Bonchev–Trinajstić information content (AvgIpc) is 2.82. The van der Waals surface area contributed by atoms with Crippen LogP contribution in [0.5, 0.6) is 5.75 Å². The number of alkyl halides is 3. The topological polar surface area (TPSA) is 29.5 Å². The zero-order valence-electron chi connectivity index (χ0n) is 13.9. The molecular formula is C19H18F3NO2. The first kappa shape index (κ1) is 17.5. The van der Waals surface area contributed by atoms with E-state index in [1.54, 1.807) is 12.1 Å². The van der Waals surface area contributed by atoms with Crippen LogP contribution >= 0.6 is 0 Å². The first-order chi connectivity index (χ1) is 11.7. The lowest BCUT2D eigenvalue weighted by molar-refractivity contribution is -0.274. The van der Waals surface area contributed by atoms with Crippen molar-refractivity contribution in [1.82, 2.24) is 4.90 Å². The second-order valence-electron chi connectivity index (χ2n) is 6.42. The highest BCUT2D eigenvalue weighted by molar-refractivity contribution is 5.71. The molecule has 2 aromatic carbocycles. The maximum Gasteiger partial charge on any atom is 0.573 e. The third-order valence-electron chi connectivity index (χ3n) is 4.64. The van der Waals surface area contributed by atoms with Gasteiger partial charge in [0.25, 0.3) is 0 Å². The normalized spacial score (nSPS) is 20.4. The van der Waals surface area contributed by atoms with E-state index in [1.807, 2.05) is 36.9 Å². The molecule has 6 heteroatoms. The van der Waals surface area contributed by atoms with Gasteiger partial charge in [0.15, 0.2) is 0 Å². The Morgan fingerprint density at radius 2 is 1.88 bits per heavy atom. The van der Waals surface area contributed by atoms with E-state index in [0.717, 1.165) is 28.5 Å². The van der Waals surface area contributed by atoms with Crippen LogP contribution in [0.2, 0.25) is 0 Å². The number of hydrogen-bond acceptors (Lipinski definition) is 3. The van der Waals surface area contributed by atoms with Crippen LogP contribution in [-0.4, -0.2) is 17.5 Å². The van der Waals surface area contributed by atoms with E-state index in [0.29, 0.717) is 13.1 Å². The molecular weight excluding hydrogens is 331 g/mol. The maximum absolute atomic E-state index is 12.2. The van der Waals surface area contributed by atoms with Crippen LogP contribution in [0.4, 0.5) is 13.2 Å². The third-order valence-corrected chi connectivity index (χ3v) is 4.64. The lowest BCUT2D eigenvalue weighted by Crippen LogP contribution is -2.39. The van der Waals surface area contributed by atoms with E-state index >= 15 is 0 Å². The molecule has 0 aromatic heterocycles. The molecule has 1 unspecified atom stereocenters. The molecule has 0 bridgehead atoms. The molecule has 0 spiro atoms. The SMILES string of the molecule is Cc1cccc2c1C(C)(C=O)N(Cc1ccc(OC(F)(F)F)cc1)C2. The Balaban J connectivity index is 1.82. The standard InChI is InChI=1S/C19H18F3NO2/c1-13-4-3-5-15-11-23(18(2,12-24)17(13)15)10-14-6-8-16(9-7-14)25-19(20,21)22/h3-9,12H,10-11H2,1-2H3. The van der Waals surface area contributed by atoms with Crippen molar-refractivity contribution in [2.24, 2.45) is 0 Å². The van der Waals surface area contributed by atoms with Gasteiger partial charge in [-0.25, -0.2) is 0 Å². The van der Waals surface area contributed by atoms with E-state index in [1.165, 1.54) is 12.1 Å². The molecule has 3 nitrogen and oxygen atoms in total. The number of ether oxygens (including phenoxy) is 1. The average molecular weight is 349 g/mol. The highest BCUT2D eigenvalue weighted by atomic mass is 19.4. The van der Waals surface area contributed by atoms with Gasteiger partial charge in [-0.1, -0.05) is 30.3 Å².